The summed E-state index contributed by atoms with van der Waals surface area (Å²) in [5.74, 6) is -0.699. The monoisotopic (exact) mass is 268 g/mol. The Balaban J connectivity index is 1.75. The Bertz CT molecular complexity index is 367. The molecule has 1 aliphatic heterocycles. The molecular formula is C13H20N2O2S. The van der Waals surface area contributed by atoms with E-state index in [0.717, 1.165) is 39.1 Å². The van der Waals surface area contributed by atoms with Crippen LogP contribution in [0.3, 0.4) is 0 Å². The predicted molar refractivity (Wildman–Crippen MR) is 72.9 cm³/mol. The lowest BCUT2D eigenvalue weighted by molar-refractivity contribution is -0.137. The minimum absolute atomic E-state index is 0.255. The van der Waals surface area contributed by atoms with Crippen LogP contribution in [-0.2, 0) is 11.3 Å². The van der Waals surface area contributed by atoms with Crippen molar-refractivity contribution < 1.29 is 9.90 Å². The van der Waals surface area contributed by atoms with Crippen LogP contribution in [0.1, 0.15) is 17.7 Å². The number of nitrogens with zero attached hydrogens (tertiary/aromatic N) is 2. The Morgan fingerprint density at radius 2 is 2.06 bits per heavy atom. The third-order valence-electron chi connectivity index (χ3n) is 3.28. The van der Waals surface area contributed by atoms with Gasteiger partial charge in [0.15, 0.2) is 0 Å². The Hall–Kier alpha value is -0.910. The van der Waals surface area contributed by atoms with Gasteiger partial charge in [0, 0.05) is 31.1 Å². The van der Waals surface area contributed by atoms with Gasteiger partial charge < -0.3 is 10.0 Å². The van der Waals surface area contributed by atoms with Gasteiger partial charge in [-0.1, -0.05) is 6.07 Å². The fourth-order valence-corrected chi connectivity index (χ4v) is 3.03. The molecule has 18 heavy (non-hydrogen) atoms. The van der Waals surface area contributed by atoms with Gasteiger partial charge in [-0.05, 0) is 31.0 Å². The second kappa shape index (κ2) is 6.87. The minimum Gasteiger partial charge on any atom is -0.481 e. The van der Waals surface area contributed by atoms with E-state index in [-0.39, 0.29) is 6.42 Å². The summed E-state index contributed by atoms with van der Waals surface area (Å²) in [6.07, 6.45) is 1.38. The lowest BCUT2D eigenvalue weighted by Crippen LogP contribution is -2.31. The van der Waals surface area contributed by atoms with Crippen molar-refractivity contribution >= 4 is 17.3 Å². The second-order valence-corrected chi connectivity index (χ2v) is 5.73. The molecule has 0 aliphatic carbocycles. The van der Waals surface area contributed by atoms with E-state index in [1.54, 1.807) is 11.3 Å². The molecule has 1 saturated heterocycles. The van der Waals surface area contributed by atoms with E-state index < -0.39 is 5.97 Å². The summed E-state index contributed by atoms with van der Waals surface area (Å²) in [6.45, 7) is 5.87. The Morgan fingerprint density at radius 1 is 1.28 bits per heavy atom. The summed E-state index contributed by atoms with van der Waals surface area (Å²) in [7, 11) is 0. The van der Waals surface area contributed by atoms with Crippen molar-refractivity contribution in [1.82, 2.24) is 9.80 Å². The number of carboxylic acids is 1. The van der Waals surface area contributed by atoms with Crippen molar-refractivity contribution in [2.24, 2.45) is 0 Å². The third-order valence-corrected chi connectivity index (χ3v) is 4.14. The van der Waals surface area contributed by atoms with Gasteiger partial charge in [0.05, 0.1) is 6.42 Å². The largest absolute Gasteiger partial charge is 0.481 e. The molecule has 5 heteroatoms. The molecule has 2 heterocycles. The standard InChI is InChI=1S/C13H20N2O2S/c16-13(17)4-7-14-5-2-6-15(9-8-14)11-12-3-1-10-18-12/h1,3,10H,2,4-9,11H2,(H,16,17). The Morgan fingerprint density at radius 3 is 2.78 bits per heavy atom. The zero-order chi connectivity index (χ0) is 12.8. The third kappa shape index (κ3) is 4.40. The number of carboxylic acid groups (broad SMARTS) is 1. The summed E-state index contributed by atoms with van der Waals surface area (Å²) in [4.78, 5) is 16.7. The van der Waals surface area contributed by atoms with Crippen molar-refractivity contribution in [1.29, 1.82) is 0 Å². The Kier molecular flexibility index (Phi) is 5.16. The molecule has 1 aliphatic rings. The summed E-state index contributed by atoms with van der Waals surface area (Å²) in [6, 6.07) is 4.27. The van der Waals surface area contributed by atoms with Crippen molar-refractivity contribution in [3.8, 4) is 0 Å². The van der Waals surface area contributed by atoms with Gasteiger partial charge in [-0.2, -0.15) is 0 Å². The highest BCUT2D eigenvalue weighted by atomic mass is 32.1. The first-order valence-electron chi connectivity index (χ1n) is 6.43. The molecule has 100 valence electrons. The SMILES string of the molecule is O=C(O)CCN1CCCN(Cc2cccs2)CC1. The van der Waals surface area contributed by atoms with Crippen LogP contribution in [0.5, 0.6) is 0 Å². The number of carbonyl (C=O) groups is 1. The highest BCUT2D eigenvalue weighted by Crippen LogP contribution is 2.13. The fraction of sp³-hybridized carbons (Fsp3) is 0.615. The maximum atomic E-state index is 10.6. The van der Waals surface area contributed by atoms with Gasteiger partial charge in [-0.25, -0.2) is 0 Å². The molecule has 0 unspecified atom stereocenters. The van der Waals surface area contributed by atoms with Gasteiger partial charge in [0.25, 0.3) is 0 Å². The lowest BCUT2D eigenvalue weighted by Gasteiger charge is -2.20. The van der Waals surface area contributed by atoms with Crippen LogP contribution < -0.4 is 0 Å². The molecule has 0 spiro atoms. The van der Waals surface area contributed by atoms with Gasteiger partial charge in [-0.3, -0.25) is 9.69 Å². The van der Waals surface area contributed by atoms with E-state index >= 15 is 0 Å². The maximum Gasteiger partial charge on any atom is 0.304 e. The zero-order valence-electron chi connectivity index (χ0n) is 10.5. The lowest BCUT2D eigenvalue weighted by atomic mass is 10.3. The van der Waals surface area contributed by atoms with Crippen LogP contribution in [-0.4, -0.2) is 53.6 Å². The number of aliphatic carboxylic acids is 1. The van der Waals surface area contributed by atoms with Gasteiger partial charge in [0.1, 0.15) is 0 Å². The normalized spacial score (nSPS) is 18.7. The van der Waals surface area contributed by atoms with E-state index in [0.29, 0.717) is 6.54 Å². The van der Waals surface area contributed by atoms with E-state index in [2.05, 4.69) is 27.3 Å². The summed E-state index contributed by atoms with van der Waals surface area (Å²) >= 11 is 1.81. The van der Waals surface area contributed by atoms with E-state index in [4.69, 9.17) is 5.11 Å². The topological polar surface area (TPSA) is 43.8 Å². The van der Waals surface area contributed by atoms with Crippen LogP contribution >= 0.6 is 11.3 Å². The van der Waals surface area contributed by atoms with Crippen molar-refractivity contribution in [3.05, 3.63) is 22.4 Å². The number of hydrogen-bond donors (Lipinski definition) is 1. The van der Waals surface area contributed by atoms with Crippen LogP contribution in [0.2, 0.25) is 0 Å². The first kappa shape index (κ1) is 13.5. The first-order chi connectivity index (χ1) is 8.74. The molecule has 0 atom stereocenters. The highest BCUT2D eigenvalue weighted by Gasteiger charge is 2.15. The molecule has 4 nitrogen and oxygen atoms in total. The predicted octanol–water partition coefficient (Wildman–Crippen LogP) is 1.73. The van der Waals surface area contributed by atoms with Gasteiger partial charge in [-0.15, -0.1) is 11.3 Å². The average Bonchev–Trinajstić information content (AvgIpc) is 2.73. The van der Waals surface area contributed by atoms with Crippen molar-refractivity contribution in [2.75, 3.05) is 32.7 Å². The molecule has 2 rings (SSSR count). The van der Waals surface area contributed by atoms with Crippen LogP contribution in [0.15, 0.2) is 17.5 Å². The first-order valence-corrected chi connectivity index (χ1v) is 7.31. The molecule has 1 aromatic heterocycles. The molecule has 0 saturated carbocycles. The summed E-state index contributed by atoms with van der Waals surface area (Å²) in [5.41, 5.74) is 0. The van der Waals surface area contributed by atoms with Crippen LogP contribution in [0.25, 0.3) is 0 Å². The molecule has 0 amide bonds. The summed E-state index contributed by atoms with van der Waals surface area (Å²) < 4.78 is 0. The van der Waals surface area contributed by atoms with Crippen LogP contribution in [0.4, 0.5) is 0 Å². The van der Waals surface area contributed by atoms with E-state index in [9.17, 15) is 4.79 Å². The second-order valence-electron chi connectivity index (χ2n) is 4.69. The van der Waals surface area contributed by atoms with E-state index in [1.807, 2.05) is 0 Å². The summed E-state index contributed by atoms with van der Waals surface area (Å²) in [5, 5.41) is 10.8. The quantitative estimate of drug-likeness (QED) is 0.883. The zero-order valence-corrected chi connectivity index (χ0v) is 11.4. The molecule has 1 aromatic rings. The number of hydrogen-bond acceptors (Lipinski definition) is 4. The molecule has 1 fully saturated rings. The molecule has 1 N–H and O–H groups in total. The number of rotatable bonds is 5. The maximum absolute atomic E-state index is 10.6. The smallest absolute Gasteiger partial charge is 0.304 e. The van der Waals surface area contributed by atoms with Gasteiger partial charge in [0.2, 0.25) is 0 Å². The van der Waals surface area contributed by atoms with Crippen molar-refractivity contribution in [2.45, 2.75) is 19.4 Å². The van der Waals surface area contributed by atoms with E-state index in [1.165, 1.54) is 4.88 Å². The highest BCUT2D eigenvalue weighted by molar-refractivity contribution is 7.09. The van der Waals surface area contributed by atoms with Crippen molar-refractivity contribution in [3.63, 3.8) is 0 Å². The van der Waals surface area contributed by atoms with Gasteiger partial charge >= 0.3 is 5.97 Å². The Labute approximate surface area is 112 Å². The molecule has 0 bridgehead atoms. The molecular weight excluding hydrogens is 248 g/mol. The molecule has 0 radical (unpaired) electrons. The fourth-order valence-electron chi connectivity index (χ4n) is 2.28. The molecule has 0 aromatic carbocycles. The van der Waals surface area contributed by atoms with Crippen LogP contribution in [0, 0.1) is 0 Å². The minimum atomic E-state index is -0.699. The average molecular weight is 268 g/mol. The number of thiophene rings is 1.